The number of hydrogen-bond acceptors (Lipinski definition) is 4. The van der Waals surface area contributed by atoms with Gasteiger partial charge in [0, 0.05) is 20.1 Å². The molecule has 0 aromatic carbocycles. The van der Waals surface area contributed by atoms with E-state index in [0.717, 1.165) is 38.5 Å². The van der Waals surface area contributed by atoms with Crippen molar-refractivity contribution < 1.29 is 19.4 Å². The van der Waals surface area contributed by atoms with Gasteiger partial charge in [-0.2, -0.15) is 0 Å². The van der Waals surface area contributed by atoms with Crippen LogP contribution in [-0.2, 0) is 14.3 Å². The third-order valence-corrected chi connectivity index (χ3v) is 4.67. The van der Waals surface area contributed by atoms with Crippen molar-refractivity contribution in [1.82, 2.24) is 5.32 Å². The number of rotatable bonds is 12. The average Bonchev–Trinajstić information content (AvgIpc) is 2.53. The minimum absolute atomic E-state index is 0.0719. The number of carbonyl (C=O) groups is 2. The lowest BCUT2D eigenvalue weighted by Gasteiger charge is -2.33. The van der Waals surface area contributed by atoms with Gasteiger partial charge < -0.3 is 15.2 Å². The fraction of sp³-hybridized carbons (Fsp3) is 0.900. The van der Waals surface area contributed by atoms with Crippen molar-refractivity contribution in [2.45, 2.75) is 85.7 Å². The molecule has 3 atom stereocenters. The van der Waals surface area contributed by atoms with Gasteiger partial charge in [0.15, 0.2) is 0 Å². The quantitative estimate of drug-likeness (QED) is 0.413. The lowest BCUT2D eigenvalue weighted by molar-refractivity contribution is -0.160. The second-order valence-electron chi connectivity index (χ2n) is 8.32. The van der Waals surface area contributed by atoms with Crippen LogP contribution in [0.25, 0.3) is 0 Å². The van der Waals surface area contributed by atoms with Crippen LogP contribution in [-0.4, -0.2) is 36.7 Å². The lowest BCUT2D eigenvalue weighted by atomic mass is 9.82. The molecule has 0 bridgehead atoms. The average molecular weight is 358 g/mol. The number of esters is 1. The Bertz CT molecular complexity index is 390. The smallest absolute Gasteiger partial charge is 0.308 e. The van der Waals surface area contributed by atoms with Gasteiger partial charge in [-0.25, -0.2) is 0 Å². The molecule has 148 valence electrons. The van der Waals surface area contributed by atoms with E-state index in [0.29, 0.717) is 12.3 Å². The fourth-order valence-corrected chi connectivity index (χ4v) is 2.73. The van der Waals surface area contributed by atoms with Crippen LogP contribution in [0.1, 0.15) is 79.6 Å². The van der Waals surface area contributed by atoms with Crippen LogP contribution in [0.4, 0.5) is 0 Å². The van der Waals surface area contributed by atoms with Gasteiger partial charge in [-0.3, -0.25) is 9.59 Å². The van der Waals surface area contributed by atoms with E-state index in [1.807, 2.05) is 6.92 Å². The van der Waals surface area contributed by atoms with Crippen molar-refractivity contribution in [3.05, 3.63) is 0 Å². The number of aliphatic hydroxyl groups is 1. The lowest BCUT2D eigenvalue weighted by Crippen LogP contribution is -2.35. The van der Waals surface area contributed by atoms with E-state index >= 15 is 0 Å². The second kappa shape index (κ2) is 12.3. The van der Waals surface area contributed by atoms with E-state index in [9.17, 15) is 9.59 Å². The van der Waals surface area contributed by atoms with Crippen LogP contribution in [0.2, 0.25) is 0 Å². The van der Waals surface area contributed by atoms with Crippen molar-refractivity contribution in [1.29, 1.82) is 0 Å². The first-order chi connectivity index (χ1) is 11.6. The summed E-state index contributed by atoms with van der Waals surface area (Å²) in [5.41, 5.74) is -0.116. The number of nitrogens with one attached hydrogen (secondary N) is 1. The number of ether oxygens (including phenoxy) is 1. The number of carbonyl (C=O) groups excluding carboxylic acids is 2. The Morgan fingerprint density at radius 1 is 1.08 bits per heavy atom. The zero-order valence-electron chi connectivity index (χ0n) is 17.1. The van der Waals surface area contributed by atoms with E-state index in [1.165, 1.54) is 0 Å². The van der Waals surface area contributed by atoms with Gasteiger partial charge >= 0.3 is 5.97 Å². The van der Waals surface area contributed by atoms with Crippen molar-refractivity contribution in [3.63, 3.8) is 0 Å². The minimum Gasteiger partial charge on any atom is -0.462 e. The van der Waals surface area contributed by atoms with E-state index in [4.69, 9.17) is 9.84 Å². The number of hydrogen-bond donors (Lipinski definition) is 2. The molecule has 0 aliphatic carbocycles. The molecule has 5 heteroatoms. The highest BCUT2D eigenvalue weighted by atomic mass is 16.5. The molecule has 0 saturated heterocycles. The topological polar surface area (TPSA) is 75.6 Å². The van der Waals surface area contributed by atoms with Gasteiger partial charge in [0.1, 0.15) is 6.10 Å². The number of aliphatic hydroxyl groups excluding tert-OH is 1. The second-order valence-corrected chi connectivity index (χ2v) is 8.32. The maximum Gasteiger partial charge on any atom is 0.308 e. The Balaban J connectivity index is 4.50. The van der Waals surface area contributed by atoms with Crippen LogP contribution in [0, 0.1) is 17.3 Å². The maximum atomic E-state index is 12.4. The highest BCUT2D eigenvalue weighted by Gasteiger charge is 2.31. The van der Waals surface area contributed by atoms with Crippen LogP contribution in [0.3, 0.4) is 0 Å². The van der Waals surface area contributed by atoms with Gasteiger partial charge in [0.05, 0.1) is 5.92 Å². The summed E-state index contributed by atoms with van der Waals surface area (Å²) in [6, 6.07) is 0. The van der Waals surface area contributed by atoms with Crippen LogP contribution in [0.15, 0.2) is 0 Å². The molecule has 0 aromatic rings. The van der Waals surface area contributed by atoms with Gasteiger partial charge in [-0.1, -0.05) is 47.5 Å². The molecule has 0 saturated carbocycles. The van der Waals surface area contributed by atoms with Gasteiger partial charge in [-0.15, -0.1) is 0 Å². The van der Waals surface area contributed by atoms with E-state index < -0.39 is 0 Å². The number of unbranched alkanes of at least 4 members (excludes halogenated alkanes) is 1. The van der Waals surface area contributed by atoms with E-state index in [1.54, 1.807) is 7.05 Å². The standard InChI is InChI=1S/C20H39NO4/c1-15(10-9-12-18(23)21-6)14-17(20(3,4)5)25-19(24)16(2)11-7-8-13-22/h15-17,22H,7-14H2,1-6H3,(H,21,23)/t15-,16+,17+/m1/s1. The molecular formula is C20H39NO4. The Morgan fingerprint density at radius 2 is 1.72 bits per heavy atom. The third-order valence-electron chi connectivity index (χ3n) is 4.67. The molecule has 0 rings (SSSR count). The molecule has 0 aromatic heterocycles. The molecular weight excluding hydrogens is 318 g/mol. The first-order valence-electron chi connectivity index (χ1n) is 9.63. The Labute approximate surface area is 153 Å². The summed E-state index contributed by atoms with van der Waals surface area (Å²) in [6.07, 6.45) is 5.33. The van der Waals surface area contributed by atoms with Crippen LogP contribution in [0.5, 0.6) is 0 Å². The predicted molar refractivity (Wildman–Crippen MR) is 101 cm³/mol. The Hall–Kier alpha value is -1.10. The molecule has 0 heterocycles. The molecule has 25 heavy (non-hydrogen) atoms. The maximum absolute atomic E-state index is 12.4. The molecule has 2 N–H and O–H groups in total. The minimum atomic E-state index is -0.143. The van der Waals surface area contributed by atoms with Crippen molar-refractivity contribution in [2.75, 3.05) is 13.7 Å². The van der Waals surface area contributed by atoms with Gasteiger partial charge in [0.25, 0.3) is 0 Å². The highest BCUT2D eigenvalue weighted by molar-refractivity contribution is 5.75. The third kappa shape index (κ3) is 11.2. The molecule has 0 radical (unpaired) electrons. The summed E-state index contributed by atoms with van der Waals surface area (Å²) >= 11 is 0. The molecule has 0 spiro atoms. The zero-order valence-corrected chi connectivity index (χ0v) is 17.1. The normalized spacial score (nSPS) is 15.3. The molecule has 5 nitrogen and oxygen atoms in total. The fourth-order valence-electron chi connectivity index (χ4n) is 2.73. The molecule has 0 aliphatic heterocycles. The van der Waals surface area contributed by atoms with Gasteiger partial charge in [0.2, 0.25) is 5.91 Å². The highest BCUT2D eigenvalue weighted by Crippen LogP contribution is 2.30. The number of amides is 1. The monoisotopic (exact) mass is 357 g/mol. The Kier molecular flexibility index (Phi) is 11.7. The molecule has 0 aliphatic rings. The summed E-state index contributed by atoms with van der Waals surface area (Å²) in [4.78, 5) is 23.7. The molecule has 0 unspecified atom stereocenters. The van der Waals surface area contributed by atoms with Crippen molar-refractivity contribution in [3.8, 4) is 0 Å². The zero-order chi connectivity index (χ0) is 19.5. The molecule has 1 amide bonds. The Morgan fingerprint density at radius 3 is 2.24 bits per heavy atom. The first kappa shape index (κ1) is 23.9. The summed E-state index contributed by atoms with van der Waals surface area (Å²) in [5, 5.41) is 11.5. The first-order valence-corrected chi connectivity index (χ1v) is 9.63. The summed E-state index contributed by atoms with van der Waals surface area (Å²) in [6.45, 7) is 10.5. The van der Waals surface area contributed by atoms with Gasteiger partial charge in [-0.05, 0) is 37.0 Å². The summed E-state index contributed by atoms with van der Waals surface area (Å²) in [7, 11) is 1.66. The van der Waals surface area contributed by atoms with Crippen molar-refractivity contribution >= 4 is 11.9 Å². The van der Waals surface area contributed by atoms with Crippen LogP contribution >= 0.6 is 0 Å². The SMILES string of the molecule is CNC(=O)CCC[C@@H](C)C[C@H](OC(=O)[C@@H](C)CCCCO)C(C)(C)C. The van der Waals surface area contributed by atoms with Crippen molar-refractivity contribution in [2.24, 2.45) is 17.3 Å². The van der Waals surface area contributed by atoms with E-state index in [2.05, 4.69) is 33.0 Å². The largest absolute Gasteiger partial charge is 0.462 e. The summed E-state index contributed by atoms with van der Waals surface area (Å²) < 4.78 is 5.85. The predicted octanol–water partition coefficient (Wildman–Crippen LogP) is 3.69. The summed E-state index contributed by atoms with van der Waals surface area (Å²) in [5.74, 6) is 0.185. The van der Waals surface area contributed by atoms with Crippen LogP contribution < -0.4 is 5.32 Å². The molecule has 0 fully saturated rings. The van der Waals surface area contributed by atoms with E-state index in [-0.39, 0.29) is 35.9 Å².